The minimum absolute atomic E-state index is 0.203. The Hall–Kier alpha value is -1.55. The van der Waals surface area contributed by atoms with Crippen LogP contribution >= 0.6 is 11.6 Å². The number of halogens is 1. The second-order valence-corrected chi connectivity index (χ2v) is 4.26. The quantitative estimate of drug-likeness (QED) is 0.816. The number of hydrogen-bond acceptors (Lipinski definition) is 4. The van der Waals surface area contributed by atoms with Crippen molar-refractivity contribution in [3.05, 3.63) is 29.1 Å². The van der Waals surface area contributed by atoms with E-state index in [4.69, 9.17) is 21.9 Å². The molecule has 0 radical (unpaired) electrons. The van der Waals surface area contributed by atoms with Gasteiger partial charge in [-0.25, -0.2) is 0 Å². The number of nitrogens with two attached hydrogens (primary N) is 1. The lowest BCUT2D eigenvalue weighted by Crippen LogP contribution is -1.89. The van der Waals surface area contributed by atoms with Crippen molar-refractivity contribution in [2.24, 2.45) is 0 Å². The molecule has 0 spiro atoms. The van der Waals surface area contributed by atoms with E-state index in [0.29, 0.717) is 22.4 Å². The van der Waals surface area contributed by atoms with Crippen LogP contribution < -0.4 is 5.73 Å². The monoisotopic (exact) mass is 237 g/mol. The smallest absolute Gasteiger partial charge is 0.229 e. The van der Waals surface area contributed by atoms with Gasteiger partial charge in [0.1, 0.15) is 0 Å². The number of rotatable bonds is 2. The summed E-state index contributed by atoms with van der Waals surface area (Å²) in [6.45, 7) is 3.98. The van der Waals surface area contributed by atoms with Crippen LogP contribution in [-0.4, -0.2) is 10.1 Å². The summed E-state index contributed by atoms with van der Waals surface area (Å²) in [4.78, 5) is 4.27. The molecule has 1 aromatic carbocycles. The normalized spacial score (nSPS) is 11.0. The lowest BCUT2D eigenvalue weighted by Gasteiger charge is -1.99. The van der Waals surface area contributed by atoms with Crippen molar-refractivity contribution in [2.45, 2.75) is 19.8 Å². The maximum absolute atomic E-state index is 6.05. The predicted octanol–water partition coefficient (Wildman–Crippen LogP) is 3.10. The number of hydrogen-bond donors (Lipinski definition) is 1. The van der Waals surface area contributed by atoms with E-state index in [-0.39, 0.29) is 5.92 Å². The first kappa shape index (κ1) is 11.0. The lowest BCUT2D eigenvalue weighted by atomic mass is 10.2. The summed E-state index contributed by atoms with van der Waals surface area (Å²) in [5.74, 6) is 1.30. The molecule has 0 fully saturated rings. The van der Waals surface area contributed by atoms with Gasteiger partial charge in [0.05, 0.1) is 5.02 Å². The highest BCUT2D eigenvalue weighted by molar-refractivity contribution is 6.33. The van der Waals surface area contributed by atoms with Crippen LogP contribution in [-0.2, 0) is 0 Å². The zero-order valence-corrected chi connectivity index (χ0v) is 9.82. The second kappa shape index (κ2) is 4.14. The molecule has 0 unspecified atom stereocenters. The maximum atomic E-state index is 6.05. The predicted molar refractivity (Wildman–Crippen MR) is 63.2 cm³/mol. The van der Waals surface area contributed by atoms with Gasteiger partial charge in [0.15, 0.2) is 0 Å². The maximum Gasteiger partial charge on any atom is 0.229 e. The molecule has 5 heteroatoms. The fourth-order valence-electron chi connectivity index (χ4n) is 1.29. The van der Waals surface area contributed by atoms with Crippen LogP contribution in [0.25, 0.3) is 11.4 Å². The van der Waals surface area contributed by atoms with Gasteiger partial charge in [-0.15, -0.1) is 0 Å². The lowest BCUT2D eigenvalue weighted by molar-refractivity contribution is 0.365. The molecule has 0 bridgehead atoms. The van der Waals surface area contributed by atoms with Gasteiger partial charge in [-0.3, -0.25) is 0 Å². The van der Waals surface area contributed by atoms with Gasteiger partial charge in [-0.05, 0) is 18.2 Å². The van der Waals surface area contributed by atoms with Crippen LogP contribution in [0, 0.1) is 0 Å². The number of nitrogen functional groups attached to an aromatic ring is 1. The van der Waals surface area contributed by atoms with Crippen LogP contribution in [0.15, 0.2) is 22.7 Å². The minimum atomic E-state index is 0.203. The van der Waals surface area contributed by atoms with E-state index in [9.17, 15) is 0 Å². The highest BCUT2D eigenvalue weighted by atomic mass is 35.5. The van der Waals surface area contributed by atoms with Crippen molar-refractivity contribution in [3.63, 3.8) is 0 Å². The van der Waals surface area contributed by atoms with Crippen molar-refractivity contribution >= 4 is 17.3 Å². The largest absolute Gasteiger partial charge is 0.399 e. The third-order valence-electron chi connectivity index (χ3n) is 2.17. The van der Waals surface area contributed by atoms with Gasteiger partial charge >= 0.3 is 0 Å². The number of aromatic nitrogens is 2. The van der Waals surface area contributed by atoms with Crippen LogP contribution in [0.3, 0.4) is 0 Å². The Balaban J connectivity index is 2.42. The zero-order chi connectivity index (χ0) is 11.7. The molecular weight excluding hydrogens is 226 g/mol. The average Bonchev–Trinajstić information content (AvgIpc) is 2.66. The molecule has 84 valence electrons. The van der Waals surface area contributed by atoms with Crippen LogP contribution in [0.2, 0.25) is 5.02 Å². The van der Waals surface area contributed by atoms with E-state index >= 15 is 0 Å². The van der Waals surface area contributed by atoms with Crippen molar-refractivity contribution in [1.82, 2.24) is 10.1 Å². The molecule has 0 atom stereocenters. The number of benzene rings is 1. The summed E-state index contributed by atoms with van der Waals surface area (Å²) in [7, 11) is 0. The van der Waals surface area contributed by atoms with E-state index in [2.05, 4.69) is 10.1 Å². The van der Waals surface area contributed by atoms with Crippen LogP contribution in [0.1, 0.15) is 25.7 Å². The topological polar surface area (TPSA) is 64.9 Å². The Morgan fingerprint density at radius 3 is 2.69 bits per heavy atom. The summed E-state index contributed by atoms with van der Waals surface area (Å²) >= 11 is 6.05. The van der Waals surface area contributed by atoms with Crippen molar-refractivity contribution in [3.8, 4) is 11.4 Å². The van der Waals surface area contributed by atoms with E-state index < -0.39 is 0 Å². The van der Waals surface area contributed by atoms with Crippen molar-refractivity contribution in [2.75, 3.05) is 5.73 Å². The van der Waals surface area contributed by atoms with Gasteiger partial charge in [-0.2, -0.15) is 4.98 Å². The molecule has 2 aromatic rings. The second-order valence-electron chi connectivity index (χ2n) is 3.85. The first-order valence-corrected chi connectivity index (χ1v) is 5.34. The molecule has 0 saturated carbocycles. The molecular formula is C11H12ClN3O. The Morgan fingerprint density at radius 1 is 1.38 bits per heavy atom. The number of anilines is 1. The zero-order valence-electron chi connectivity index (χ0n) is 9.07. The van der Waals surface area contributed by atoms with Crippen LogP contribution in [0.5, 0.6) is 0 Å². The van der Waals surface area contributed by atoms with Gasteiger partial charge in [-0.1, -0.05) is 30.6 Å². The highest BCUT2D eigenvalue weighted by Crippen LogP contribution is 2.28. The third-order valence-corrected chi connectivity index (χ3v) is 2.48. The molecule has 2 N–H and O–H groups in total. The fraction of sp³-hybridized carbons (Fsp3) is 0.273. The summed E-state index contributed by atoms with van der Waals surface area (Å²) in [5, 5.41) is 4.41. The van der Waals surface area contributed by atoms with Gasteiger partial charge < -0.3 is 10.3 Å². The molecule has 0 aliphatic carbocycles. The van der Waals surface area contributed by atoms with E-state index in [1.807, 2.05) is 13.8 Å². The Kier molecular flexibility index (Phi) is 2.83. The van der Waals surface area contributed by atoms with Gasteiger partial charge in [0, 0.05) is 17.2 Å². The summed E-state index contributed by atoms with van der Waals surface area (Å²) in [5.41, 5.74) is 6.95. The van der Waals surface area contributed by atoms with Crippen molar-refractivity contribution < 1.29 is 4.52 Å². The van der Waals surface area contributed by atoms with Crippen LogP contribution in [0.4, 0.5) is 5.69 Å². The first-order valence-electron chi connectivity index (χ1n) is 4.97. The van der Waals surface area contributed by atoms with Crippen molar-refractivity contribution in [1.29, 1.82) is 0 Å². The molecule has 2 rings (SSSR count). The third kappa shape index (κ3) is 2.02. The molecule has 1 aromatic heterocycles. The van der Waals surface area contributed by atoms with Gasteiger partial charge in [0.25, 0.3) is 0 Å². The number of nitrogens with zero attached hydrogens (tertiary/aromatic N) is 2. The average molecular weight is 238 g/mol. The molecule has 1 heterocycles. The van der Waals surface area contributed by atoms with E-state index in [1.54, 1.807) is 18.2 Å². The highest BCUT2D eigenvalue weighted by Gasteiger charge is 2.13. The first-order chi connectivity index (χ1) is 7.58. The Labute approximate surface area is 98.4 Å². The Bertz CT molecular complexity index is 508. The van der Waals surface area contributed by atoms with Gasteiger partial charge in [0.2, 0.25) is 11.7 Å². The minimum Gasteiger partial charge on any atom is -0.399 e. The summed E-state index contributed by atoms with van der Waals surface area (Å²) in [6, 6.07) is 5.21. The summed E-state index contributed by atoms with van der Waals surface area (Å²) < 4.78 is 5.11. The Morgan fingerprint density at radius 2 is 2.12 bits per heavy atom. The SMILES string of the molecule is CC(C)c1nc(-c2ccc(N)cc2Cl)no1. The fourth-order valence-corrected chi connectivity index (χ4v) is 1.57. The molecule has 0 saturated heterocycles. The van der Waals surface area contributed by atoms with E-state index in [1.165, 1.54) is 0 Å². The van der Waals surface area contributed by atoms with E-state index in [0.717, 1.165) is 5.56 Å². The molecule has 0 amide bonds. The molecule has 4 nitrogen and oxygen atoms in total. The molecule has 0 aliphatic rings. The standard InChI is InChI=1S/C11H12ClN3O/c1-6(2)11-14-10(15-16-11)8-4-3-7(13)5-9(8)12/h3-6H,13H2,1-2H3. The molecule has 16 heavy (non-hydrogen) atoms. The summed E-state index contributed by atoms with van der Waals surface area (Å²) in [6.07, 6.45) is 0. The molecule has 0 aliphatic heterocycles.